The van der Waals surface area contributed by atoms with Gasteiger partial charge in [-0.25, -0.2) is 0 Å². The number of carbonyl (C=O) groups excluding carboxylic acids is 1. The van der Waals surface area contributed by atoms with E-state index in [1.807, 2.05) is 0 Å². The van der Waals surface area contributed by atoms with Crippen molar-refractivity contribution in [1.29, 1.82) is 0 Å². The predicted molar refractivity (Wildman–Crippen MR) is 129 cm³/mol. The van der Waals surface area contributed by atoms with Gasteiger partial charge >= 0.3 is 0 Å². The highest BCUT2D eigenvalue weighted by molar-refractivity contribution is 5.81. The van der Waals surface area contributed by atoms with Gasteiger partial charge in [0, 0.05) is 31.1 Å². The number of aromatic nitrogens is 1. The Labute approximate surface area is 181 Å². The molecular weight excluding hydrogens is 368 g/mol. The van der Waals surface area contributed by atoms with E-state index in [2.05, 4.69) is 86.5 Å². The highest BCUT2D eigenvalue weighted by Crippen LogP contribution is 2.19. The van der Waals surface area contributed by atoms with Gasteiger partial charge in [0.1, 0.15) is 11.5 Å². The van der Waals surface area contributed by atoms with Crippen molar-refractivity contribution < 1.29 is 4.79 Å². The fourth-order valence-corrected chi connectivity index (χ4v) is 4.02. The normalized spacial score (nSPS) is 11.8. The molecule has 1 heterocycles. The van der Waals surface area contributed by atoms with Gasteiger partial charge in [-0.05, 0) is 48.1 Å². The summed E-state index contributed by atoms with van der Waals surface area (Å²) in [4.78, 5) is 12.3. The third-order valence-electron chi connectivity index (χ3n) is 5.90. The maximum atomic E-state index is 12.3. The summed E-state index contributed by atoms with van der Waals surface area (Å²) in [6.07, 6.45) is 10.7. The lowest BCUT2D eigenvalue weighted by molar-refractivity contribution is -0.118. The van der Waals surface area contributed by atoms with Crippen LogP contribution in [-0.4, -0.2) is 31.5 Å². The summed E-state index contributed by atoms with van der Waals surface area (Å²) in [5, 5.41) is 1.33. The average molecular weight is 406 g/mol. The van der Waals surface area contributed by atoms with Crippen LogP contribution in [0.5, 0.6) is 0 Å². The molecule has 0 unspecified atom stereocenters. The van der Waals surface area contributed by atoms with E-state index < -0.39 is 0 Å². The van der Waals surface area contributed by atoms with E-state index in [-0.39, 0.29) is 0 Å². The maximum absolute atomic E-state index is 12.3. The van der Waals surface area contributed by atoms with Gasteiger partial charge in [-0.1, -0.05) is 56.0 Å². The molecular formula is C27H37N2O+. The van der Waals surface area contributed by atoms with Crippen molar-refractivity contribution in [2.24, 2.45) is 0 Å². The second-order valence-corrected chi connectivity index (χ2v) is 9.33. The van der Waals surface area contributed by atoms with Crippen LogP contribution >= 0.6 is 0 Å². The summed E-state index contributed by atoms with van der Waals surface area (Å²) in [5.41, 5.74) is 3.73. The van der Waals surface area contributed by atoms with Gasteiger partial charge in [0.2, 0.25) is 0 Å². The lowest BCUT2D eigenvalue weighted by Gasteiger charge is -2.23. The average Bonchev–Trinajstić information content (AvgIpc) is 3.13. The van der Waals surface area contributed by atoms with Crippen LogP contribution < -0.4 is 4.48 Å². The number of hydrogen-bond acceptors (Lipinski definition) is 1. The Hall–Kier alpha value is -2.39. The first kappa shape index (κ1) is 22.3. The molecule has 0 saturated heterocycles. The smallest absolute Gasteiger partial charge is 0.137 e. The number of nitrogens with zero attached hydrogens (tertiary/aromatic N) is 2. The van der Waals surface area contributed by atoms with Crippen LogP contribution in [0.2, 0.25) is 0 Å². The number of ketones is 1. The molecule has 0 bridgehead atoms. The molecule has 0 aliphatic rings. The molecule has 0 atom stereocenters. The SMILES string of the molecule is C[N+](C)(C)c1ccc(CC(=O)CCCCCCCCn2ccc3ccccc32)cc1. The highest BCUT2D eigenvalue weighted by atomic mass is 16.1. The molecule has 0 aliphatic heterocycles. The molecule has 0 amide bonds. The monoisotopic (exact) mass is 405 g/mol. The first-order chi connectivity index (χ1) is 14.4. The molecule has 0 saturated carbocycles. The fraction of sp³-hybridized carbons (Fsp3) is 0.444. The van der Waals surface area contributed by atoms with E-state index in [1.165, 1.54) is 48.7 Å². The first-order valence-corrected chi connectivity index (χ1v) is 11.4. The number of carbonyl (C=O) groups is 1. The molecule has 30 heavy (non-hydrogen) atoms. The number of unbranched alkanes of at least 4 members (excludes halogenated alkanes) is 5. The number of aryl methyl sites for hydroxylation is 1. The van der Waals surface area contributed by atoms with Crippen LogP contribution in [-0.2, 0) is 17.8 Å². The lowest BCUT2D eigenvalue weighted by Crippen LogP contribution is -2.34. The standard InChI is InChI=1S/C27H37N2O/c1-29(2,3)25-17-15-23(16-18-25)22-26(30)13-8-6-4-5-7-11-20-28-21-19-24-12-9-10-14-27(24)28/h9-10,12,14-19,21H,4-8,11,13,20,22H2,1-3H3/q+1. The van der Waals surface area contributed by atoms with E-state index in [0.717, 1.165) is 23.0 Å². The summed E-state index contributed by atoms with van der Waals surface area (Å²) in [6.45, 7) is 1.10. The predicted octanol–water partition coefficient (Wildman–Crippen LogP) is 6.38. The largest absolute Gasteiger partial charge is 0.347 e. The van der Waals surface area contributed by atoms with Crippen LogP contribution in [0, 0.1) is 0 Å². The van der Waals surface area contributed by atoms with Gasteiger partial charge in [0.05, 0.1) is 21.1 Å². The summed E-state index contributed by atoms with van der Waals surface area (Å²) >= 11 is 0. The van der Waals surface area contributed by atoms with Crippen molar-refractivity contribution in [3.63, 3.8) is 0 Å². The Kier molecular flexibility index (Phi) is 7.87. The van der Waals surface area contributed by atoms with Crippen molar-refractivity contribution >= 4 is 22.4 Å². The number of benzene rings is 2. The molecule has 3 aromatic rings. The van der Waals surface area contributed by atoms with E-state index in [1.54, 1.807) is 0 Å². The Morgan fingerprint density at radius 2 is 1.47 bits per heavy atom. The van der Waals surface area contributed by atoms with Crippen LogP contribution in [0.3, 0.4) is 0 Å². The summed E-state index contributed by atoms with van der Waals surface area (Å²) in [6, 6.07) is 19.3. The zero-order valence-corrected chi connectivity index (χ0v) is 18.9. The number of quaternary nitrogens is 1. The van der Waals surface area contributed by atoms with Crippen molar-refractivity contribution in [3.05, 3.63) is 66.4 Å². The summed E-state index contributed by atoms with van der Waals surface area (Å²) in [5.74, 6) is 0.368. The molecule has 160 valence electrons. The summed E-state index contributed by atoms with van der Waals surface area (Å²) < 4.78 is 3.16. The third-order valence-corrected chi connectivity index (χ3v) is 5.90. The molecule has 3 rings (SSSR count). The Balaban J connectivity index is 1.25. The van der Waals surface area contributed by atoms with E-state index in [9.17, 15) is 4.79 Å². The molecule has 0 fully saturated rings. The van der Waals surface area contributed by atoms with Gasteiger partial charge in [-0.3, -0.25) is 9.28 Å². The topological polar surface area (TPSA) is 22.0 Å². The fourth-order valence-electron chi connectivity index (χ4n) is 4.02. The van der Waals surface area contributed by atoms with Crippen molar-refractivity contribution in [2.45, 2.75) is 57.9 Å². The van der Waals surface area contributed by atoms with E-state index >= 15 is 0 Å². The van der Waals surface area contributed by atoms with Crippen LogP contribution in [0.1, 0.15) is 50.5 Å². The zero-order valence-electron chi connectivity index (χ0n) is 18.9. The minimum absolute atomic E-state index is 0.368. The van der Waals surface area contributed by atoms with E-state index in [4.69, 9.17) is 0 Å². The summed E-state index contributed by atoms with van der Waals surface area (Å²) in [7, 11) is 6.47. The minimum atomic E-state index is 0.368. The van der Waals surface area contributed by atoms with Gasteiger partial charge in [-0.2, -0.15) is 0 Å². The van der Waals surface area contributed by atoms with Crippen molar-refractivity contribution in [1.82, 2.24) is 9.05 Å². The minimum Gasteiger partial charge on any atom is -0.347 e. The number of fused-ring (bicyclic) bond motifs is 1. The van der Waals surface area contributed by atoms with Gasteiger partial charge in [-0.15, -0.1) is 0 Å². The number of hydrogen-bond donors (Lipinski definition) is 0. The van der Waals surface area contributed by atoms with Crippen molar-refractivity contribution in [2.75, 3.05) is 21.1 Å². The van der Waals surface area contributed by atoms with Gasteiger partial charge in [0.25, 0.3) is 0 Å². The molecule has 1 aromatic heterocycles. The van der Waals surface area contributed by atoms with Crippen LogP contribution in [0.4, 0.5) is 5.69 Å². The molecule has 0 spiro atoms. The van der Waals surface area contributed by atoms with Crippen molar-refractivity contribution in [3.8, 4) is 0 Å². The zero-order chi connectivity index (χ0) is 21.4. The highest BCUT2D eigenvalue weighted by Gasteiger charge is 2.12. The number of Topliss-reactive ketones (excluding diaryl/α,β-unsaturated/α-hetero) is 1. The van der Waals surface area contributed by atoms with Gasteiger partial charge in [0.15, 0.2) is 0 Å². The van der Waals surface area contributed by atoms with Gasteiger partial charge < -0.3 is 4.57 Å². The molecule has 0 N–H and O–H groups in total. The van der Waals surface area contributed by atoms with E-state index in [0.29, 0.717) is 18.6 Å². The van der Waals surface area contributed by atoms with Crippen LogP contribution in [0.15, 0.2) is 60.8 Å². The molecule has 2 aromatic carbocycles. The second-order valence-electron chi connectivity index (χ2n) is 9.33. The van der Waals surface area contributed by atoms with Crippen LogP contribution in [0.25, 0.3) is 10.9 Å². The Bertz CT molecular complexity index is 931. The lowest BCUT2D eigenvalue weighted by atomic mass is 10.0. The molecule has 3 heteroatoms. The molecule has 3 nitrogen and oxygen atoms in total. The second kappa shape index (κ2) is 10.6. The molecule has 0 radical (unpaired) electrons. The third kappa shape index (κ3) is 6.56. The quantitative estimate of drug-likeness (QED) is 0.253. The first-order valence-electron chi connectivity index (χ1n) is 11.4. The number of para-hydroxylation sites is 1. The Morgan fingerprint density at radius 3 is 2.20 bits per heavy atom. The molecule has 0 aliphatic carbocycles. The Morgan fingerprint density at radius 1 is 0.800 bits per heavy atom. The maximum Gasteiger partial charge on any atom is 0.137 e. The number of rotatable bonds is 12.